The molecule has 6 heteroatoms. The lowest BCUT2D eigenvalue weighted by Crippen LogP contribution is -2.24. The molecule has 1 aromatic rings. The van der Waals surface area contributed by atoms with Gasteiger partial charge in [0.15, 0.2) is 0 Å². The van der Waals surface area contributed by atoms with Crippen LogP contribution in [0, 0.1) is 12.8 Å². The molecule has 0 bridgehead atoms. The van der Waals surface area contributed by atoms with Crippen molar-refractivity contribution >= 4 is 24.2 Å². The number of hydrogen-bond donors (Lipinski definition) is 1. The maximum absolute atomic E-state index is 12.3. The van der Waals surface area contributed by atoms with Gasteiger partial charge in [-0.05, 0) is 30.2 Å². The Bertz CT molecular complexity index is 482. The minimum atomic E-state index is -2.87. The molecule has 1 aliphatic rings. The second-order valence-corrected chi connectivity index (χ2v) is 4.95. The largest absolute Gasteiger partial charge is 0.434 e. The number of rotatable bonds is 4. The summed E-state index contributed by atoms with van der Waals surface area (Å²) in [6.45, 7) is -0.614. The van der Waals surface area contributed by atoms with Gasteiger partial charge in [-0.3, -0.25) is 4.79 Å². The molecule has 0 aliphatic carbocycles. The molecule has 1 heterocycles. The van der Waals surface area contributed by atoms with Gasteiger partial charge in [0.25, 0.3) is 0 Å². The van der Waals surface area contributed by atoms with Gasteiger partial charge in [-0.15, -0.1) is 0 Å². The van der Waals surface area contributed by atoms with Gasteiger partial charge in [-0.25, -0.2) is 0 Å². The summed E-state index contributed by atoms with van der Waals surface area (Å²) in [6.07, 6.45) is 0.447. The molecule has 3 nitrogen and oxygen atoms in total. The van der Waals surface area contributed by atoms with Gasteiger partial charge in [0.2, 0.25) is 5.91 Å². The van der Waals surface area contributed by atoms with Crippen LogP contribution in [0.3, 0.4) is 0 Å². The number of aryl methyl sites for hydroxylation is 1. The van der Waals surface area contributed by atoms with Crippen LogP contribution in [-0.2, 0) is 4.79 Å². The van der Waals surface area contributed by atoms with E-state index in [1.807, 2.05) is 0 Å². The SMILES string of the molecule is Cc1ccc(N2CC(CS)CC2=O)cc1OC(F)F. The lowest BCUT2D eigenvalue weighted by atomic mass is 10.1. The fraction of sp³-hybridized carbons (Fsp3) is 0.462. The first kappa shape index (κ1) is 14.1. The van der Waals surface area contributed by atoms with E-state index in [9.17, 15) is 13.6 Å². The topological polar surface area (TPSA) is 29.5 Å². The Morgan fingerprint density at radius 2 is 2.26 bits per heavy atom. The number of thiol groups is 1. The molecular weight excluding hydrogens is 272 g/mol. The average molecular weight is 287 g/mol. The van der Waals surface area contributed by atoms with E-state index < -0.39 is 6.61 Å². The first-order valence-electron chi connectivity index (χ1n) is 5.98. The van der Waals surface area contributed by atoms with Crippen molar-refractivity contribution in [2.45, 2.75) is 20.0 Å². The summed E-state index contributed by atoms with van der Waals surface area (Å²) in [6, 6.07) is 4.90. The maximum Gasteiger partial charge on any atom is 0.387 e. The molecule has 1 aromatic carbocycles. The number of hydrogen-bond acceptors (Lipinski definition) is 3. The fourth-order valence-corrected chi connectivity index (χ4v) is 2.38. The van der Waals surface area contributed by atoms with Crippen molar-refractivity contribution in [2.75, 3.05) is 17.2 Å². The first-order valence-corrected chi connectivity index (χ1v) is 6.61. The molecule has 0 aromatic heterocycles. The maximum atomic E-state index is 12.3. The Morgan fingerprint density at radius 1 is 1.53 bits per heavy atom. The minimum Gasteiger partial charge on any atom is -0.434 e. The molecule has 1 aliphatic heterocycles. The van der Waals surface area contributed by atoms with Gasteiger partial charge >= 0.3 is 6.61 Å². The van der Waals surface area contributed by atoms with Gasteiger partial charge in [0.1, 0.15) is 5.75 Å². The third kappa shape index (κ3) is 3.18. The van der Waals surface area contributed by atoms with E-state index in [-0.39, 0.29) is 17.6 Å². The Labute approximate surface area is 116 Å². The highest BCUT2D eigenvalue weighted by Gasteiger charge is 2.30. The number of halogens is 2. The van der Waals surface area contributed by atoms with Crippen molar-refractivity contribution in [3.8, 4) is 5.75 Å². The third-order valence-electron chi connectivity index (χ3n) is 3.16. The summed E-state index contributed by atoms with van der Waals surface area (Å²) in [4.78, 5) is 13.5. The van der Waals surface area contributed by atoms with Crippen molar-refractivity contribution in [1.82, 2.24) is 0 Å². The molecule has 104 valence electrons. The normalized spacial score (nSPS) is 19.3. The van der Waals surface area contributed by atoms with E-state index in [0.29, 0.717) is 30.0 Å². The molecule has 1 amide bonds. The van der Waals surface area contributed by atoms with Crippen molar-refractivity contribution in [1.29, 1.82) is 0 Å². The summed E-state index contributed by atoms with van der Waals surface area (Å²) in [5.74, 6) is 0.936. The third-order valence-corrected chi connectivity index (χ3v) is 3.68. The van der Waals surface area contributed by atoms with Crippen LogP contribution in [0.25, 0.3) is 0 Å². The van der Waals surface area contributed by atoms with Crippen molar-refractivity contribution in [3.05, 3.63) is 23.8 Å². The summed E-state index contributed by atoms with van der Waals surface area (Å²) in [5.41, 5.74) is 1.21. The Balaban J connectivity index is 2.23. The predicted molar refractivity (Wildman–Crippen MR) is 72.1 cm³/mol. The number of carbonyl (C=O) groups is 1. The highest BCUT2D eigenvalue weighted by atomic mass is 32.1. The summed E-state index contributed by atoms with van der Waals surface area (Å²) < 4.78 is 29.0. The number of carbonyl (C=O) groups excluding carboxylic acids is 1. The summed E-state index contributed by atoms with van der Waals surface area (Å²) in [7, 11) is 0. The van der Waals surface area contributed by atoms with E-state index in [2.05, 4.69) is 17.4 Å². The van der Waals surface area contributed by atoms with Crippen molar-refractivity contribution in [3.63, 3.8) is 0 Å². The van der Waals surface area contributed by atoms with Crippen LogP contribution >= 0.6 is 12.6 Å². The van der Waals surface area contributed by atoms with E-state index in [4.69, 9.17) is 0 Å². The first-order chi connectivity index (χ1) is 9.01. The van der Waals surface area contributed by atoms with Gasteiger partial charge in [-0.2, -0.15) is 21.4 Å². The molecule has 0 spiro atoms. The van der Waals surface area contributed by atoms with Crippen molar-refractivity contribution in [2.24, 2.45) is 5.92 Å². The number of anilines is 1. The Hall–Kier alpha value is -1.30. The molecule has 0 radical (unpaired) electrons. The Morgan fingerprint density at radius 3 is 2.84 bits per heavy atom. The number of nitrogens with zero attached hydrogens (tertiary/aromatic N) is 1. The molecule has 1 fully saturated rings. The van der Waals surface area contributed by atoms with Crippen molar-refractivity contribution < 1.29 is 18.3 Å². The molecule has 1 unspecified atom stereocenters. The van der Waals surface area contributed by atoms with Crippen LogP contribution in [0.15, 0.2) is 18.2 Å². The zero-order valence-corrected chi connectivity index (χ0v) is 11.4. The quantitative estimate of drug-likeness (QED) is 0.863. The second-order valence-electron chi connectivity index (χ2n) is 4.59. The molecule has 19 heavy (non-hydrogen) atoms. The van der Waals surface area contributed by atoms with Gasteiger partial charge in [0, 0.05) is 24.7 Å². The second kappa shape index (κ2) is 5.77. The van der Waals surface area contributed by atoms with Crippen LogP contribution in [0.1, 0.15) is 12.0 Å². The average Bonchev–Trinajstić information content (AvgIpc) is 2.73. The standard InChI is InChI=1S/C13H15F2NO2S/c1-8-2-3-10(5-11(8)18-13(14)15)16-6-9(7-19)4-12(16)17/h2-3,5,9,13,19H,4,6-7H2,1H3. The van der Waals surface area contributed by atoms with Crippen LogP contribution < -0.4 is 9.64 Å². The van der Waals surface area contributed by atoms with Gasteiger partial charge < -0.3 is 9.64 Å². The predicted octanol–water partition coefficient (Wildman–Crippen LogP) is 2.88. The van der Waals surface area contributed by atoms with E-state index in [0.717, 1.165) is 0 Å². The molecule has 0 N–H and O–H groups in total. The summed E-state index contributed by atoms with van der Waals surface area (Å²) in [5, 5.41) is 0. The fourth-order valence-electron chi connectivity index (χ4n) is 2.13. The molecule has 1 saturated heterocycles. The highest BCUT2D eigenvalue weighted by molar-refractivity contribution is 7.80. The number of alkyl halides is 2. The van der Waals surface area contributed by atoms with E-state index in [1.54, 1.807) is 24.0 Å². The van der Waals surface area contributed by atoms with Gasteiger partial charge in [0.05, 0.1) is 0 Å². The van der Waals surface area contributed by atoms with Crippen LogP contribution in [0.5, 0.6) is 5.75 Å². The summed E-state index contributed by atoms with van der Waals surface area (Å²) >= 11 is 4.19. The molecule has 1 atom stereocenters. The zero-order valence-electron chi connectivity index (χ0n) is 10.5. The molecular formula is C13H15F2NO2S. The van der Waals surface area contributed by atoms with Crippen LogP contribution in [0.4, 0.5) is 14.5 Å². The molecule has 0 saturated carbocycles. The van der Waals surface area contributed by atoms with Gasteiger partial charge in [-0.1, -0.05) is 6.07 Å². The number of benzene rings is 1. The zero-order chi connectivity index (χ0) is 14.0. The lowest BCUT2D eigenvalue weighted by Gasteiger charge is -2.18. The van der Waals surface area contributed by atoms with E-state index >= 15 is 0 Å². The Kier molecular flexibility index (Phi) is 4.29. The highest BCUT2D eigenvalue weighted by Crippen LogP contribution is 2.31. The minimum absolute atomic E-state index is 0.00843. The lowest BCUT2D eigenvalue weighted by molar-refractivity contribution is -0.117. The monoisotopic (exact) mass is 287 g/mol. The molecule has 2 rings (SSSR count). The number of ether oxygens (including phenoxy) is 1. The van der Waals surface area contributed by atoms with Crippen LogP contribution in [-0.4, -0.2) is 24.8 Å². The van der Waals surface area contributed by atoms with E-state index in [1.165, 1.54) is 6.07 Å². The smallest absolute Gasteiger partial charge is 0.387 e. The number of amides is 1. The van der Waals surface area contributed by atoms with Crippen LogP contribution in [0.2, 0.25) is 0 Å².